The Labute approximate surface area is 128 Å². The number of methoxy groups -OCH3 is 1. The number of carbonyl (C=O) groups is 1. The predicted octanol–water partition coefficient (Wildman–Crippen LogP) is 1.49. The minimum absolute atomic E-state index is 0.0779. The van der Waals surface area contributed by atoms with Gasteiger partial charge >= 0.3 is 0 Å². The summed E-state index contributed by atoms with van der Waals surface area (Å²) >= 11 is 0. The van der Waals surface area contributed by atoms with Crippen LogP contribution in [-0.4, -0.2) is 17.6 Å². The molecule has 1 aliphatic rings. The maximum Gasteiger partial charge on any atom is 0.254 e. The summed E-state index contributed by atoms with van der Waals surface area (Å²) in [6.45, 7) is 0.604. The first-order chi connectivity index (χ1) is 10.6. The third kappa shape index (κ3) is 2.50. The molecule has 1 amide bonds. The molecule has 114 valence electrons. The number of carbonyl (C=O) groups excluding carboxylic acids is 1. The maximum absolute atomic E-state index is 12.3. The third-order valence-electron chi connectivity index (χ3n) is 4.12. The molecule has 1 aromatic carbocycles. The van der Waals surface area contributed by atoms with Gasteiger partial charge in [0, 0.05) is 24.0 Å². The molecule has 3 rings (SSSR count). The van der Waals surface area contributed by atoms with Crippen LogP contribution in [-0.2, 0) is 19.4 Å². The van der Waals surface area contributed by atoms with Gasteiger partial charge in [0.15, 0.2) is 5.43 Å². The first-order valence-electron chi connectivity index (χ1n) is 7.28. The van der Waals surface area contributed by atoms with Crippen LogP contribution in [0.2, 0.25) is 0 Å². The normalized spacial score (nSPS) is 13.0. The summed E-state index contributed by atoms with van der Waals surface area (Å²) in [6.07, 6.45) is 4.12. The Kier molecular flexibility index (Phi) is 3.71. The molecule has 0 bridgehead atoms. The number of benzene rings is 1. The van der Waals surface area contributed by atoms with E-state index in [1.807, 2.05) is 28.8 Å². The van der Waals surface area contributed by atoms with Crippen molar-refractivity contribution in [3.8, 4) is 5.75 Å². The lowest BCUT2D eigenvalue weighted by atomic mass is 10.1. The highest BCUT2D eigenvalue weighted by Crippen LogP contribution is 2.21. The predicted molar refractivity (Wildman–Crippen MR) is 83.3 cm³/mol. The lowest BCUT2D eigenvalue weighted by molar-refractivity contribution is 0.0998. The van der Waals surface area contributed by atoms with Crippen LogP contribution in [0.15, 0.2) is 35.3 Å². The lowest BCUT2D eigenvalue weighted by Gasteiger charge is -2.14. The summed E-state index contributed by atoms with van der Waals surface area (Å²) in [7, 11) is 1.63. The SMILES string of the molecule is COc1ccc(Cn2cc(C(N)=O)c(=O)c3c2CCC3)cc1. The number of nitrogens with zero attached hydrogens (tertiary/aromatic N) is 1. The average Bonchev–Trinajstić information content (AvgIpc) is 3.01. The molecule has 5 nitrogen and oxygen atoms in total. The van der Waals surface area contributed by atoms with E-state index in [1.54, 1.807) is 13.3 Å². The molecule has 2 N–H and O–H groups in total. The molecule has 1 heterocycles. The van der Waals surface area contributed by atoms with Crippen molar-refractivity contribution in [1.82, 2.24) is 4.57 Å². The van der Waals surface area contributed by atoms with E-state index in [1.165, 1.54) is 0 Å². The van der Waals surface area contributed by atoms with Crippen molar-refractivity contribution in [1.29, 1.82) is 0 Å². The standard InChI is InChI=1S/C17H18N2O3/c1-22-12-7-5-11(6-8-12)9-19-10-14(17(18)21)16(20)13-3-2-4-15(13)19/h5-8,10H,2-4,9H2,1H3,(H2,18,21). The number of primary amides is 1. The zero-order chi connectivity index (χ0) is 15.7. The Morgan fingerprint density at radius 1 is 1.27 bits per heavy atom. The number of hydrogen-bond donors (Lipinski definition) is 1. The third-order valence-corrected chi connectivity index (χ3v) is 4.12. The lowest BCUT2D eigenvalue weighted by Crippen LogP contribution is -2.27. The van der Waals surface area contributed by atoms with Crippen molar-refractivity contribution >= 4 is 5.91 Å². The molecular formula is C17H18N2O3. The summed E-state index contributed by atoms with van der Waals surface area (Å²) in [5.74, 6) is 0.134. The number of pyridine rings is 1. The molecule has 22 heavy (non-hydrogen) atoms. The maximum atomic E-state index is 12.3. The molecular weight excluding hydrogens is 280 g/mol. The van der Waals surface area contributed by atoms with Gasteiger partial charge in [0.2, 0.25) is 0 Å². The van der Waals surface area contributed by atoms with Crippen molar-refractivity contribution in [3.05, 3.63) is 63.1 Å². The summed E-state index contributed by atoms with van der Waals surface area (Å²) in [5, 5.41) is 0. The zero-order valence-electron chi connectivity index (χ0n) is 12.5. The van der Waals surface area contributed by atoms with Gasteiger partial charge in [-0.15, -0.1) is 0 Å². The highest BCUT2D eigenvalue weighted by molar-refractivity contribution is 5.92. The molecule has 1 aromatic heterocycles. The van der Waals surface area contributed by atoms with Gasteiger partial charge in [0.05, 0.1) is 7.11 Å². The number of amides is 1. The van der Waals surface area contributed by atoms with Gasteiger partial charge in [-0.3, -0.25) is 9.59 Å². The summed E-state index contributed by atoms with van der Waals surface area (Å²) in [4.78, 5) is 23.8. The van der Waals surface area contributed by atoms with Gasteiger partial charge in [0.25, 0.3) is 5.91 Å². The highest BCUT2D eigenvalue weighted by Gasteiger charge is 2.22. The van der Waals surface area contributed by atoms with Gasteiger partial charge < -0.3 is 15.0 Å². The monoisotopic (exact) mass is 298 g/mol. The topological polar surface area (TPSA) is 74.3 Å². The second-order valence-corrected chi connectivity index (χ2v) is 5.49. The summed E-state index contributed by atoms with van der Waals surface area (Å²) in [6, 6.07) is 7.74. The largest absolute Gasteiger partial charge is 0.497 e. The zero-order valence-corrected chi connectivity index (χ0v) is 12.5. The highest BCUT2D eigenvalue weighted by atomic mass is 16.5. The first-order valence-corrected chi connectivity index (χ1v) is 7.28. The van der Waals surface area contributed by atoms with E-state index in [4.69, 9.17) is 10.5 Å². The van der Waals surface area contributed by atoms with Crippen LogP contribution in [0.5, 0.6) is 5.75 Å². The van der Waals surface area contributed by atoms with Crippen LogP contribution in [0, 0.1) is 0 Å². The molecule has 0 unspecified atom stereocenters. The molecule has 0 radical (unpaired) electrons. The second kappa shape index (κ2) is 5.67. The minimum Gasteiger partial charge on any atom is -0.497 e. The number of nitrogens with two attached hydrogens (primary N) is 1. The van der Waals surface area contributed by atoms with Gasteiger partial charge in [-0.1, -0.05) is 12.1 Å². The molecule has 0 fully saturated rings. The molecule has 0 atom stereocenters. The smallest absolute Gasteiger partial charge is 0.254 e. The summed E-state index contributed by atoms with van der Waals surface area (Å²) < 4.78 is 7.13. The number of hydrogen-bond acceptors (Lipinski definition) is 3. The first kappa shape index (κ1) is 14.4. The van der Waals surface area contributed by atoms with Gasteiger partial charge in [-0.05, 0) is 37.0 Å². The Bertz CT molecular complexity index is 776. The fourth-order valence-electron chi connectivity index (χ4n) is 2.99. The quantitative estimate of drug-likeness (QED) is 0.929. The number of fused-ring (bicyclic) bond motifs is 1. The van der Waals surface area contributed by atoms with Crippen molar-refractivity contribution in [2.75, 3.05) is 7.11 Å². The van der Waals surface area contributed by atoms with Crippen molar-refractivity contribution < 1.29 is 9.53 Å². The number of ether oxygens (including phenoxy) is 1. The fraction of sp³-hybridized carbons (Fsp3) is 0.294. The van der Waals surface area contributed by atoms with E-state index < -0.39 is 5.91 Å². The van der Waals surface area contributed by atoms with E-state index in [0.29, 0.717) is 6.54 Å². The van der Waals surface area contributed by atoms with Crippen LogP contribution in [0.1, 0.15) is 33.6 Å². The van der Waals surface area contributed by atoms with Crippen molar-refractivity contribution in [2.24, 2.45) is 5.73 Å². The molecule has 0 saturated heterocycles. The number of rotatable bonds is 4. The van der Waals surface area contributed by atoms with Crippen molar-refractivity contribution in [3.63, 3.8) is 0 Å². The van der Waals surface area contributed by atoms with E-state index in [-0.39, 0.29) is 11.0 Å². The molecule has 1 aliphatic carbocycles. The van der Waals surface area contributed by atoms with Crippen LogP contribution < -0.4 is 15.9 Å². The Morgan fingerprint density at radius 3 is 2.64 bits per heavy atom. The Morgan fingerprint density at radius 2 is 2.00 bits per heavy atom. The van der Waals surface area contributed by atoms with Crippen LogP contribution >= 0.6 is 0 Å². The van der Waals surface area contributed by atoms with Crippen LogP contribution in [0.3, 0.4) is 0 Å². The van der Waals surface area contributed by atoms with Crippen molar-refractivity contribution in [2.45, 2.75) is 25.8 Å². The fourth-order valence-corrected chi connectivity index (χ4v) is 2.99. The second-order valence-electron chi connectivity index (χ2n) is 5.49. The number of aromatic nitrogens is 1. The van der Waals surface area contributed by atoms with Crippen LogP contribution in [0.4, 0.5) is 0 Å². The van der Waals surface area contributed by atoms with E-state index in [2.05, 4.69) is 0 Å². The Balaban J connectivity index is 2.02. The van der Waals surface area contributed by atoms with Gasteiger partial charge in [-0.25, -0.2) is 0 Å². The van der Waals surface area contributed by atoms with Gasteiger partial charge in [0.1, 0.15) is 11.3 Å². The molecule has 0 spiro atoms. The van der Waals surface area contributed by atoms with Gasteiger partial charge in [-0.2, -0.15) is 0 Å². The average molecular weight is 298 g/mol. The summed E-state index contributed by atoms with van der Waals surface area (Å²) in [5.41, 5.74) is 8.05. The Hall–Kier alpha value is -2.56. The minimum atomic E-state index is -0.664. The van der Waals surface area contributed by atoms with E-state index in [9.17, 15) is 9.59 Å². The molecule has 0 saturated carbocycles. The molecule has 0 aliphatic heterocycles. The molecule has 5 heteroatoms. The van der Waals surface area contributed by atoms with E-state index in [0.717, 1.165) is 41.8 Å². The molecule has 2 aromatic rings. The van der Waals surface area contributed by atoms with E-state index >= 15 is 0 Å². The van der Waals surface area contributed by atoms with Crippen LogP contribution in [0.25, 0.3) is 0 Å².